The van der Waals surface area contributed by atoms with Gasteiger partial charge in [-0.2, -0.15) is 0 Å². The van der Waals surface area contributed by atoms with Crippen molar-refractivity contribution >= 4 is 17.7 Å². The number of hydrogen-bond donors (Lipinski definition) is 3. The zero-order valence-corrected chi connectivity index (χ0v) is 10.4. The molecule has 0 radical (unpaired) electrons. The summed E-state index contributed by atoms with van der Waals surface area (Å²) in [6.07, 6.45) is 0.748. The van der Waals surface area contributed by atoms with Gasteiger partial charge in [0.25, 0.3) is 0 Å². The van der Waals surface area contributed by atoms with Gasteiger partial charge in [0.15, 0.2) is 0 Å². The highest BCUT2D eigenvalue weighted by atomic mass is 16.2. The first-order valence-corrected chi connectivity index (χ1v) is 5.66. The van der Waals surface area contributed by atoms with Gasteiger partial charge in [-0.15, -0.1) is 0 Å². The van der Waals surface area contributed by atoms with Crippen LogP contribution < -0.4 is 16.0 Å². The highest BCUT2D eigenvalue weighted by molar-refractivity contribution is 6.00. The van der Waals surface area contributed by atoms with Crippen molar-refractivity contribution in [3.63, 3.8) is 0 Å². The Morgan fingerprint density at radius 1 is 1.41 bits per heavy atom. The lowest BCUT2D eigenvalue weighted by Gasteiger charge is -2.24. The summed E-state index contributed by atoms with van der Waals surface area (Å²) >= 11 is 0. The number of nitrogens with one attached hydrogen (secondary N) is 3. The normalized spacial score (nSPS) is 21.0. The van der Waals surface area contributed by atoms with E-state index in [0.717, 1.165) is 0 Å². The molecule has 0 aliphatic carbocycles. The van der Waals surface area contributed by atoms with Gasteiger partial charge in [0.2, 0.25) is 17.7 Å². The maximum absolute atomic E-state index is 11.5. The van der Waals surface area contributed by atoms with Crippen molar-refractivity contribution in [2.24, 2.45) is 0 Å². The highest BCUT2D eigenvalue weighted by Gasteiger charge is 2.26. The molecule has 96 valence electrons. The van der Waals surface area contributed by atoms with E-state index in [9.17, 15) is 14.4 Å². The third kappa shape index (κ3) is 4.95. The summed E-state index contributed by atoms with van der Waals surface area (Å²) in [5.41, 5.74) is -0.288. The predicted octanol–water partition coefficient (Wildman–Crippen LogP) is -0.704. The van der Waals surface area contributed by atoms with E-state index >= 15 is 0 Å². The summed E-state index contributed by atoms with van der Waals surface area (Å²) in [4.78, 5) is 33.8. The number of hydrogen-bond acceptors (Lipinski definition) is 4. The SMILES string of the molecule is CC(C)(C)NC(=O)CNC1CCC(=O)NC1=O. The smallest absolute Gasteiger partial charge is 0.243 e. The molecule has 3 amide bonds. The first-order valence-electron chi connectivity index (χ1n) is 5.66. The maximum Gasteiger partial charge on any atom is 0.243 e. The third-order valence-corrected chi connectivity index (χ3v) is 2.26. The second-order valence-corrected chi connectivity index (χ2v) is 5.18. The Morgan fingerprint density at radius 2 is 2.06 bits per heavy atom. The van der Waals surface area contributed by atoms with Crippen LogP contribution in [0.3, 0.4) is 0 Å². The fourth-order valence-electron chi connectivity index (χ4n) is 1.57. The molecule has 1 saturated heterocycles. The molecule has 1 heterocycles. The van der Waals surface area contributed by atoms with Crippen LogP contribution >= 0.6 is 0 Å². The molecule has 0 spiro atoms. The van der Waals surface area contributed by atoms with Gasteiger partial charge < -0.3 is 5.32 Å². The fraction of sp³-hybridized carbons (Fsp3) is 0.727. The van der Waals surface area contributed by atoms with Crippen molar-refractivity contribution in [1.29, 1.82) is 0 Å². The van der Waals surface area contributed by atoms with E-state index in [1.165, 1.54) is 0 Å². The third-order valence-electron chi connectivity index (χ3n) is 2.26. The molecule has 0 aromatic carbocycles. The molecular formula is C11H19N3O3. The van der Waals surface area contributed by atoms with E-state index in [0.29, 0.717) is 12.8 Å². The Bertz CT molecular complexity index is 333. The van der Waals surface area contributed by atoms with Crippen LogP contribution in [0.15, 0.2) is 0 Å². The Balaban J connectivity index is 2.33. The Morgan fingerprint density at radius 3 is 2.59 bits per heavy atom. The van der Waals surface area contributed by atoms with Crippen LogP contribution in [-0.4, -0.2) is 35.8 Å². The molecule has 0 saturated carbocycles. The van der Waals surface area contributed by atoms with Gasteiger partial charge >= 0.3 is 0 Å². The number of imide groups is 1. The van der Waals surface area contributed by atoms with E-state index in [2.05, 4.69) is 16.0 Å². The summed E-state index contributed by atoms with van der Waals surface area (Å²) in [6.45, 7) is 5.73. The minimum Gasteiger partial charge on any atom is -0.350 e. The average Bonchev–Trinajstić information content (AvgIpc) is 2.13. The predicted molar refractivity (Wildman–Crippen MR) is 62.1 cm³/mol. The lowest BCUT2D eigenvalue weighted by atomic mass is 10.1. The first kappa shape index (κ1) is 13.6. The van der Waals surface area contributed by atoms with E-state index in [1.807, 2.05) is 20.8 Å². The Hall–Kier alpha value is -1.43. The average molecular weight is 241 g/mol. The second kappa shape index (κ2) is 5.27. The Labute approximate surface area is 101 Å². The zero-order chi connectivity index (χ0) is 13.1. The van der Waals surface area contributed by atoms with E-state index < -0.39 is 6.04 Å². The molecule has 6 heteroatoms. The first-order chi connectivity index (χ1) is 7.78. The standard InChI is InChI=1S/C11H19N3O3/c1-11(2,3)14-9(16)6-12-7-4-5-8(15)13-10(7)17/h7,12H,4-6H2,1-3H3,(H,14,16)(H,13,15,17). The topological polar surface area (TPSA) is 87.3 Å². The van der Waals surface area contributed by atoms with Crippen LogP contribution in [0, 0.1) is 0 Å². The lowest BCUT2D eigenvalue weighted by molar-refractivity contribution is -0.134. The van der Waals surface area contributed by atoms with Crippen molar-refractivity contribution < 1.29 is 14.4 Å². The molecule has 1 fully saturated rings. The zero-order valence-electron chi connectivity index (χ0n) is 10.4. The minimum absolute atomic E-state index is 0.0730. The monoisotopic (exact) mass is 241 g/mol. The summed E-state index contributed by atoms with van der Waals surface area (Å²) in [5.74, 6) is -0.779. The molecule has 1 unspecified atom stereocenters. The van der Waals surface area contributed by atoms with Gasteiger partial charge in [0.1, 0.15) is 0 Å². The van der Waals surface area contributed by atoms with Gasteiger partial charge in [-0.3, -0.25) is 25.0 Å². The summed E-state index contributed by atoms with van der Waals surface area (Å²) in [7, 11) is 0. The van der Waals surface area contributed by atoms with Crippen LogP contribution in [0.5, 0.6) is 0 Å². The molecule has 0 bridgehead atoms. The van der Waals surface area contributed by atoms with Crippen LogP contribution in [0.2, 0.25) is 0 Å². The van der Waals surface area contributed by atoms with Crippen molar-refractivity contribution in [2.75, 3.05) is 6.54 Å². The molecule has 1 atom stereocenters. The van der Waals surface area contributed by atoms with Crippen LogP contribution in [0.25, 0.3) is 0 Å². The van der Waals surface area contributed by atoms with Crippen LogP contribution in [0.1, 0.15) is 33.6 Å². The van der Waals surface area contributed by atoms with E-state index in [4.69, 9.17) is 0 Å². The largest absolute Gasteiger partial charge is 0.350 e. The van der Waals surface area contributed by atoms with E-state index in [1.54, 1.807) is 0 Å². The number of rotatable bonds is 3. The van der Waals surface area contributed by atoms with Crippen LogP contribution in [-0.2, 0) is 14.4 Å². The summed E-state index contributed by atoms with van der Waals surface area (Å²) in [5, 5.41) is 7.85. The molecule has 0 aromatic heterocycles. The van der Waals surface area contributed by atoms with Crippen molar-refractivity contribution in [1.82, 2.24) is 16.0 Å². The molecule has 17 heavy (non-hydrogen) atoms. The molecule has 3 N–H and O–H groups in total. The van der Waals surface area contributed by atoms with Gasteiger partial charge in [-0.25, -0.2) is 0 Å². The highest BCUT2D eigenvalue weighted by Crippen LogP contribution is 2.04. The number of piperidine rings is 1. The minimum atomic E-state index is -0.460. The van der Waals surface area contributed by atoms with Crippen molar-refractivity contribution in [3.8, 4) is 0 Å². The number of carbonyl (C=O) groups excluding carboxylic acids is 3. The van der Waals surface area contributed by atoms with Gasteiger partial charge in [0, 0.05) is 12.0 Å². The molecule has 1 aliphatic heterocycles. The Kier molecular flexibility index (Phi) is 4.22. The van der Waals surface area contributed by atoms with Crippen molar-refractivity contribution in [3.05, 3.63) is 0 Å². The molecule has 1 rings (SSSR count). The summed E-state index contributed by atoms with van der Waals surface area (Å²) < 4.78 is 0. The van der Waals surface area contributed by atoms with Gasteiger partial charge in [-0.05, 0) is 27.2 Å². The van der Waals surface area contributed by atoms with Crippen molar-refractivity contribution in [2.45, 2.75) is 45.2 Å². The van der Waals surface area contributed by atoms with Gasteiger partial charge in [-0.1, -0.05) is 0 Å². The quantitative estimate of drug-likeness (QED) is 0.570. The van der Waals surface area contributed by atoms with E-state index in [-0.39, 0.29) is 29.8 Å². The lowest BCUT2D eigenvalue weighted by Crippen LogP contribution is -2.53. The molecular weight excluding hydrogens is 222 g/mol. The number of carbonyl (C=O) groups is 3. The van der Waals surface area contributed by atoms with Gasteiger partial charge in [0.05, 0.1) is 12.6 Å². The molecule has 0 aromatic rings. The maximum atomic E-state index is 11.5. The number of amides is 3. The molecule has 1 aliphatic rings. The molecule has 6 nitrogen and oxygen atoms in total. The second-order valence-electron chi connectivity index (χ2n) is 5.18. The summed E-state index contributed by atoms with van der Waals surface area (Å²) in [6, 6.07) is -0.460. The van der Waals surface area contributed by atoms with Crippen LogP contribution in [0.4, 0.5) is 0 Å². The fourth-order valence-corrected chi connectivity index (χ4v) is 1.57.